The van der Waals surface area contributed by atoms with Crippen molar-refractivity contribution in [2.45, 2.75) is 45.4 Å². The van der Waals surface area contributed by atoms with Gasteiger partial charge in [0.25, 0.3) is 0 Å². The second-order valence-electron chi connectivity index (χ2n) is 5.83. The zero-order valence-corrected chi connectivity index (χ0v) is 10.9. The van der Waals surface area contributed by atoms with E-state index >= 15 is 0 Å². The smallest absolute Gasteiger partial charge is 0.314 e. The summed E-state index contributed by atoms with van der Waals surface area (Å²) in [5.41, 5.74) is -0.391. The lowest BCUT2D eigenvalue weighted by molar-refractivity contribution is -0.143. The third kappa shape index (κ3) is 2.60. The first kappa shape index (κ1) is 13.2. The Morgan fingerprint density at radius 1 is 1.11 bits per heavy atom. The van der Waals surface area contributed by atoms with Crippen molar-refractivity contribution in [2.75, 3.05) is 13.1 Å². The number of carboxylic acid groups (broad SMARTS) is 1. The molecule has 18 heavy (non-hydrogen) atoms. The summed E-state index contributed by atoms with van der Waals surface area (Å²) in [6.07, 6.45) is 6.04. The molecule has 0 bridgehead atoms. The molecule has 0 spiro atoms. The van der Waals surface area contributed by atoms with E-state index in [1.165, 1.54) is 19.3 Å². The lowest BCUT2D eigenvalue weighted by atomic mass is 9.67. The molecule has 0 heterocycles. The number of carbonyl (C=O) groups is 2. The Morgan fingerprint density at radius 3 is 2.11 bits per heavy atom. The highest BCUT2D eigenvalue weighted by atomic mass is 16.4. The van der Waals surface area contributed by atoms with Crippen LogP contribution >= 0.6 is 0 Å². The van der Waals surface area contributed by atoms with Crippen molar-refractivity contribution in [3.8, 4) is 0 Å². The van der Waals surface area contributed by atoms with E-state index in [9.17, 15) is 9.59 Å². The summed E-state index contributed by atoms with van der Waals surface area (Å²) in [4.78, 5) is 22.6. The number of hydrogen-bond donors (Lipinski definition) is 3. The maximum absolute atomic E-state index is 11.6. The number of rotatable bonds is 6. The molecule has 0 aromatic carbocycles. The molecule has 102 valence electrons. The topological polar surface area (TPSA) is 78.4 Å². The molecule has 0 saturated heterocycles. The summed E-state index contributed by atoms with van der Waals surface area (Å²) in [5.74, 6) is -0.799. The fourth-order valence-electron chi connectivity index (χ4n) is 2.53. The van der Waals surface area contributed by atoms with Crippen LogP contribution in [0.25, 0.3) is 0 Å². The van der Waals surface area contributed by atoms with Crippen LogP contribution in [-0.4, -0.2) is 30.2 Å². The van der Waals surface area contributed by atoms with Crippen LogP contribution in [0.15, 0.2) is 0 Å². The predicted octanol–water partition coefficient (Wildman–Crippen LogP) is 1.73. The van der Waals surface area contributed by atoms with E-state index in [0.717, 1.165) is 6.42 Å². The molecule has 2 saturated carbocycles. The maximum atomic E-state index is 11.6. The Morgan fingerprint density at radius 2 is 1.72 bits per heavy atom. The zero-order chi connectivity index (χ0) is 13.2. The van der Waals surface area contributed by atoms with Crippen LogP contribution in [0.3, 0.4) is 0 Å². The second kappa shape index (κ2) is 4.78. The first-order valence-electron chi connectivity index (χ1n) is 6.77. The second-order valence-corrected chi connectivity index (χ2v) is 5.83. The van der Waals surface area contributed by atoms with Gasteiger partial charge < -0.3 is 15.7 Å². The molecule has 5 heteroatoms. The molecule has 3 N–H and O–H groups in total. The molecular weight excluding hydrogens is 232 g/mol. The van der Waals surface area contributed by atoms with Crippen LogP contribution in [0.1, 0.15) is 45.4 Å². The van der Waals surface area contributed by atoms with Crippen LogP contribution < -0.4 is 10.6 Å². The van der Waals surface area contributed by atoms with Crippen molar-refractivity contribution in [1.29, 1.82) is 0 Å². The van der Waals surface area contributed by atoms with Crippen molar-refractivity contribution in [3.63, 3.8) is 0 Å². The van der Waals surface area contributed by atoms with E-state index < -0.39 is 11.4 Å². The summed E-state index contributed by atoms with van der Waals surface area (Å²) in [6, 6.07) is -0.234. The van der Waals surface area contributed by atoms with Gasteiger partial charge >= 0.3 is 12.0 Å². The standard InChI is InChI=1S/C13H22N2O3/c1-2-12(4-3-5-12)8-14-11(18)15-9-13(6-7-13)10(16)17/h2-9H2,1H3,(H,16,17)(H2,14,15,18). The van der Waals surface area contributed by atoms with Crippen molar-refractivity contribution in [3.05, 3.63) is 0 Å². The summed E-state index contributed by atoms with van der Waals surface area (Å²) >= 11 is 0. The van der Waals surface area contributed by atoms with Crippen molar-refractivity contribution in [2.24, 2.45) is 10.8 Å². The van der Waals surface area contributed by atoms with Gasteiger partial charge in [-0.15, -0.1) is 0 Å². The molecule has 2 rings (SSSR count). The molecule has 2 aliphatic rings. The van der Waals surface area contributed by atoms with Crippen LogP contribution in [0.4, 0.5) is 4.79 Å². The number of nitrogens with one attached hydrogen (secondary N) is 2. The van der Waals surface area contributed by atoms with Gasteiger partial charge in [0.15, 0.2) is 0 Å². The van der Waals surface area contributed by atoms with Crippen LogP contribution in [0.2, 0.25) is 0 Å². The van der Waals surface area contributed by atoms with E-state index in [-0.39, 0.29) is 12.6 Å². The zero-order valence-electron chi connectivity index (χ0n) is 10.9. The minimum Gasteiger partial charge on any atom is -0.481 e. The summed E-state index contributed by atoms with van der Waals surface area (Å²) in [7, 11) is 0. The van der Waals surface area contributed by atoms with E-state index in [1.807, 2.05) is 0 Å². The number of amides is 2. The SMILES string of the molecule is CCC1(CNC(=O)NCC2(C(=O)O)CC2)CCC1. The van der Waals surface area contributed by atoms with Crippen molar-refractivity contribution in [1.82, 2.24) is 10.6 Å². The largest absolute Gasteiger partial charge is 0.481 e. The van der Waals surface area contributed by atoms with Gasteiger partial charge in [-0.05, 0) is 37.5 Å². The molecule has 2 fully saturated rings. The first-order chi connectivity index (χ1) is 8.52. The number of carboxylic acids is 1. The van der Waals surface area contributed by atoms with Gasteiger partial charge in [-0.2, -0.15) is 0 Å². The monoisotopic (exact) mass is 254 g/mol. The minimum absolute atomic E-state index is 0.234. The highest BCUT2D eigenvalue weighted by Gasteiger charge is 2.50. The third-order valence-electron chi connectivity index (χ3n) is 4.68. The Hall–Kier alpha value is -1.26. The van der Waals surface area contributed by atoms with Gasteiger partial charge in [0.05, 0.1) is 5.41 Å². The Kier molecular flexibility index (Phi) is 3.50. The molecule has 0 atom stereocenters. The van der Waals surface area contributed by atoms with Crippen molar-refractivity contribution < 1.29 is 14.7 Å². The summed E-state index contributed by atoms with van der Waals surface area (Å²) in [6.45, 7) is 3.10. The fourth-order valence-corrected chi connectivity index (χ4v) is 2.53. The van der Waals surface area contributed by atoms with Crippen LogP contribution in [0.5, 0.6) is 0 Å². The number of carbonyl (C=O) groups excluding carboxylic acids is 1. The minimum atomic E-state index is -0.799. The maximum Gasteiger partial charge on any atom is 0.314 e. The average molecular weight is 254 g/mol. The highest BCUT2D eigenvalue weighted by Crippen LogP contribution is 2.45. The van der Waals surface area contributed by atoms with Crippen LogP contribution in [-0.2, 0) is 4.79 Å². The summed E-state index contributed by atoms with van der Waals surface area (Å²) in [5, 5.41) is 14.5. The fraction of sp³-hybridized carbons (Fsp3) is 0.846. The predicted molar refractivity (Wildman–Crippen MR) is 67.3 cm³/mol. The van der Waals surface area contributed by atoms with Gasteiger partial charge in [0.1, 0.15) is 0 Å². The summed E-state index contributed by atoms with van der Waals surface area (Å²) < 4.78 is 0. The normalized spacial score (nSPS) is 22.7. The van der Waals surface area contributed by atoms with E-state index in [2.05, 4.69) is 17.6 Å². The van der Waals surface area contributed by atoms with Gasteiger partial charge in [-0.1, -0.05) is 13.3 Å². The number of urea groups is 1. The molecular formula is C13H22N2O3. The van der Waals surface area contributed by atoms with Gasteiger partial charge in [0, 0.05) is 13.1 Å². The molecule has 0 radical (unpaired) electrons. The van der Waals surface area contributed by atoms with E-state index in [0.29, 0.717) is 24.8 Å². The molecule has 0 aromatic heterocycles. The highest BCUT2D eigenvalue weighted by molar-refractivity contribution is 5.80. The Bertz CT molecular complexity index is 341. The third-order valence-corrected chi connectivity index (χ3v) is 4.68. The van der Waals surface area contributed by atoms with E-state index in [1.54, 1.807) is 0 Å². The lowest BCUT2D eigenvalue weighted by Crippen LogP contribution is -2.47. The van der Waals surface area contributed by atoms with Gasteiger partial charge in [-0.25, -0.2) is 4.79 Å². The molecule has 5 nitrogen and oxygen atoms in total. The van der Waals surface area contributed by atoms with Gasteiger partial charge in [0.2, 0.25) is 0 Å². The molecule has 2 aliphatic carbocycles. The average Bonchev–Trinajstić information content (AvgIpc) is 3.06. The lowest BCUT2D eigenvalue weighted by Gasteiger charge is -2.41. The quantitative estimate of drug-likeness (QED) is 0.675. The molecule has 0 unspecified atom stereocenters. The Balaban J connectivity index is 1.68. The molecule has 0 aliphatic heterocycles. The molecule has 2 amide bonds. The van der Waals surface area contributed by atoms with Gasteiger partial charge in [-0.3, -0.25) is 4.79 Å². The number of aliphatic carboxylic acids is 1. The van der Waals surface area contributed by atoms with Crippen LogP contribution in [0, 0.1) is 10.8 Å². The first-order valence-corrected chi connectivity index (χ1v) is 6.77. The number of hydrogen-bond acceptors (Lipinski definition) is 2. The molecule has 0 aromatic rings. The van der Waals surface area contributed by atoms with E-state index in [4.69, 9.17) is 5.11 Å². The Labute approximate surface area is 107 Å². The van der Waals surface area contributed by atoms with Crippen molar-refractivity contribution >= 4 is 12.0 Å².